The lowest BCUT2D eigenvalue weighted by Crippen LogP contribution is -2.48. The van der Waals surface area contributed by atoms with Crippen LogP contribution in [0.4, 0.5) is 4.79 Å². The first-order valence-electron chi connectivity index (χ1n) is 11.2. The highest BCUT2D eigenvalue weighted by Gasteiger charge is 2.47. The second-order valence-electron chi connectivity index (χ2n) is 8.97. The topological polar surface area (TPSA) is 68.9 Å². The molecule has 1 aromatic rings. The number of rotatable bonds is 6. The molecule has 0 bridgehead atoms. The summed E-state index contributed by atoms with van der Waals surface area (Å²) in [6.07, 6.45) is 10.7. The maximum absolute atomic E-state index is 12.5. The van der Waals surface area contributed by atoms with E-state index in [1.807, 2.05) is 15.9 Å². The second-order valence-corrected chi connectivity index (χ2v) is 8.97. The summed E-state index contributed by atoms with van der Waals surface area (Å²) >= 11 is 0. The number of amides is 2. The Morgan fingerprint density at radius 1 is 1.28 bits per heavy atom. The fraction of sp³-hybridized carbons (Fsp3) is 0.727. The summed E-state index contributed by atoms with van der Waals surface area (Å²) in [4.78, 5) is 34.1. The Morgan fingerprint density at radius 3 is 2.72 bits per heavy atom. The first-order chi connectivity index (χ1) is 14.1. The van der Waals surface area contributed by atoms with Gasteiger partial charge >= 0.3 is 6.09 Å². The second kappa shape index (κ2) is 8.78. The number of likely N-dealkylation sites (tertiary alicyclic amines) is 1. The number of ether oxygens (including phenoxy) is 1. The van der Waals surface area contributed by atoms with Crippen LogP contribution in [0.1, 0.15) is 61.9 Å². The molecule has 29 heavy (non-hydrogen) atoms. The summed E-state index contributed by atoms with van der Waals surface area (Å²) in [7, 11) is 2.22. The molecule has 1 saturated carbocycles. The molecular weight excluding hydrogens is 368 g/mol. The van der Waals surface area contributed by atoms with Crippen molar-refractivity contribution in [1.29, 1.82) is 0 Å². The van der Waals surface area contributed by atoms with E-state index in [4.69, 9.17) is 4.74 Å². The van der Waals surface area contributed by atoms with Gasteiger partial charge in [0.2, 0.25) is 0 Å². The van der Waals surface area contributed by atoms with E-state index < -0.39 is 5.60 Å². The van der Waals surface area contributed by atoms with Gasteiger partial charge in [0.05, 0.1) is 6.54 Å². The van der Waals surface area contributed by atoms with Crippen LogP contribution in [0.5, 0.6) is 0 Å². The van der Waals surface area contributed by atoms with Gasteiger partial charge in [0.15, 0.2) is 0 Å². The normalized spacial score (nSPS) is 22.5. The average molecular weight is 403 g/mol. The van der Waals surface area contributed by atoms with E-state index in [0.717, 1.165) is 19.5 Å². The molecule has 1 N–H and O–H groups in total. The van der Waals surface area contributed by atoms with Gasteiger partial charge in [0.1, 0.15) is 11.3 Å². The van der Waals surface area contributed by atoms with E-state index >= 15 is 0 Å². The Balaban J connectivity index is 1.22. The van der Waals surface area contributed by atoms with E-state index in [1.54, 1.807) is 12.3 Å². The van der Waals surface area contributed by atoms with Crippen molar-refractivity contribution in [3.05, 3.63) is 24.0 Å². The SMILES string of the molecule is CN(CCCN1CC2(CCN(C(=O)c3ccc[nH]3)CC2)OC1=O)C1CCCCC1. The van der Waals surface area contributed by atoms with Gasteiger partial charge < -0.3 is 24.4 Å². The van der Waals surface area contributed by atoms with Crippen LogP contribution in [0.15, 0.2) is 18.3 Å². The molecule has 1 spiro atoms. The Kier molecular flexibility index (Phi) is 6.13. The average Bonchev–Trinajstić information content (AvgIpc) is 3.38. The quantitative estimate of drug-likeness (QED) is 0.794. The molecule has 2 aliphatic heterocycles. The van der Waals surface area contributed by atoms with Crippen molar-refractivity contribution in [2.45, 2.75) is 63.0 Å². The number of hydrogen-bond acceptors (Lipinski definition) is 4. The van der Waals surface area contributed by atoms with Crippen molar-refractivity contribution < 1.29 is 14.3 Å². The number of aromatic nitrogens is 1. The highest BCUT2D eigenvalue weighted by molar-refractivity contribution is 5.92. The van der Waals surface area contributed by atoms with Crippen molar-refractivity contribution in [3.63, 3.8) is 0 Å². The van der Waals surface area contributed by atoms with Crippen molar-refractivity contribution in [3.8, 4) is 0 Å². The number of nitrogens with zero attached hydrogens (tertiary/aromatic N) is 3. The summed E-state index contributed by atoms with van der Waals surface area (Å²) in [5, 5.41) is 0. The fourth-order valence-electron chi connectivity index (χ4n) is 5.09. The number of nitrogens with one attached hydrogen (secondary N) is 1. The summed E-state index contributed by atoms with van der Waals surface area (Å²) < 4.78 is 5.82. The largest absolute Gasteiger partial charge is 0.441 e. The van der Waals surface area contributed by atoms with E-state index in [-0.39, 0.29) is 12.0 Å². The summed E-state index contributed by atoms with van der Waals surface area (Å²) in [5.41, 5.74) is 0.201. The van der Waals surface area contributed by atoms with Crippen LogP contribution in [0.3, 0.4) is 0 Å². The monoisotopic (exact) mass is 402 g/mol. The number of aromatic amines is 1. The molecule has 1 aromatic heterocycles. The molecule has 7 nitrogen and oxygen atoms in total. The molecule has 0 aromatic carbocycles. The highest BCUT2D eigenvalue weighted by Crippen LogP contribution is 2.33. The maximum Gasteiger partial charge on any atom is 0.410 e. The molecule has 3 aliphatic rings. The zero-order valence-electron chi connectivity index (χ0n) is 17.6. The van der Waals surface area contributed by atoms with Gasteiger partial charge in [-0.25, -0.2) is 4.79 Å². The lowest BCUT2D eigenvalue weighted by molar-refractivity contribution is 0.00298. The van der Waals surface area contributed by atoms with E-state index in [0.29, 0.717) is 44.2 Å². The molecule has 3 fully saturated rings. The number of carbonyl (C=O) groups excluding carboxylic acids is 2. The molecule has 0 radical (unpaired) electrons. The Labute approximate surface area is 173 Å². The lowest BCUT2D eigenvalue weighted by Gasteiger charge is -2.37. The fourth-order valence-corrected chi connectivity index (χ4v) is 5.09. The van der Waals surface area contributed by atoms with Gasteiger partial charge in [-0.05, 0) is 45.0 Å². The standard InChI is InChI=1S/C22H34N4O3/c1-24(18-7-3-2-4-8-18)13-6-14-26-17-22(29-21(26)28)10-15-25(16-11-22)20(27)19-9-5-12-23-19/h5,9,12,18,23H,2-4,6-8,10-11,13-17H2,1H3. The summed E-state index contributed by atoms with van der Waals surface area (Å²) in [6, 6.07) is 4.34. The van der Waals surface area contributed by atoms with Gasteiger partial charge in [-0.2, -0.15) is 0 Å². The Bertz CT molecular complexity index is 691. The van der Waals surface area contributed by atoms with Crippen LogP contribution in [0.25, 0.3) is 0 Å². The van der Waals surface area contributed by atoms with Gasteiger partial charge in [0.25, 0.3) is 5.91 Å². The van der Waals surface area contributed by atoms with Crippen LogP contribution >= 0.6 is 0 Å². The molecule has 1 aliphatic carbocycles. The van der Waals surface area contributed by atoms with Crippen LogP contribution in [0.2, 0.25) is 0 Å². The van der Waals surface area contributed by atoms with Crippen molar-refractivity contribution >= 4 is 12.0 Å². The molecule has 160 valence electrons. The van der Waals surface area contributed by atoms with Crippen LogP contribution in [-0.4, -0.2) is 83.1 Å². The number of H-pyrrole nitrogens is 1. The Hall–Kier alpha value is -2.02. The zero-order valence-corrected chi connectivity index (χ0v) is 17.6. The number of hydrogen-bond donors (Lipinski definition) is 1. The molecule has 7 heteroatoms. The van der Waals surface area contributed by atoms with Gasteiger partial charge in [-0.3, -0.25) is 4.79 Å². The smallest absolute Gasteiger partial charge is 0.410 e. The minimum atomic E-state index is -0.418. The van der Waals surface area contributed by atoms with E-state index in [1.165, 1.54) is 32.1 Å². The number of carbonyl (C=O) groups is 2. The molecule has 2 amide bonds. The third-order valence-corrected chi connectivity index (χ3v) is 6.97. The minimum absolute atomic E-state index is 0.0248. The molecular formula is C22H34N4O3. The number of piperidine rings is 1. The molecule has 4 rings (SSSR count). The highest BCUT2D eigenvalue weighted by atomic mass is 16.6. The van der Waals surface area contributed by atoms with Gasteiger partial charge in [0, 0.05) is 44.7 Å². The first kappa shape index (κ1) is 20.3. The third-order valence-electron chi connectivity index (χ3n) is 6.97. The first-order valence-corrected chi connectivity index (χ1v) is 11.2. The van der Waals surface area contributed by atoms with Gasteiger partial charge in [-0.1, -0.05) is 19.3 Å². The van der Waals surface area contributed by atoms with Gasteiger partial charge in [-0.15, -0.1) is 0 Å². The van der Waals surface area contributed by atoms with E-state index in [2.05, 4.69) is 16.9 Å². The van der Waals surface area contributed by atoms with Crippen LogP contribution in [0, 0.1) is 0 Å². The van der Waals surface area contributed by atoms with Crippen molar-refractivity contribution in [2.75, 3.05) is 39.8 Å². The summed E-state index contributed by atoms with van der Waals surface area (Å²) in [6.45, 7) is 3.69. The molecule has 2 saturated heterocycles. The maximum atomic E-state index is 12.5. The third kappa shape index (κ3) is 4.60. The Morgan fingerprint density at radius 2 is 2.03 bits per heavy atom. The molecule has 3 heterocycles. The van der Waals surface area contributed by atoms with E-state index in [9.17, 15) is 9.59 Å². The molecule has 0 atom stereocenters. The zero-order chi connectivity index (χ0) is 20.3. The van der Waals surface area contributed by atoms with Crippen molar-refractivity contribution in [2.24, 2.45) is 0 Å². The predicted octanol–water partition coefficient (Wildman–Crippen LogP) is 3.10. The predicted molar refractivity (Wildman–Crippen MR) is 111 cm³/mol. The summed E-state index contributed by atoms with van der Waals surface area (Å²) in [5.74, 6) is 0.0248. The van der Waals surface area contributed by atoms with Crippen LogP contribution < -0.4 is 0 Å². The van der Waals surface area contributed by atoms with Crippen molar-refractivity contribution in [1.82, 2.24) is 19.7 Å². The van der Waals surface area contributed by atoms with Crippen LogP contribution in [-0.2, 0) is 4.74 Å². The lowest BCUT2D eigenvalue weighted by atomic mass is 9.91. The minimum Gasteiger partial charge on any atom is -0.441 e. The molecule has 0 unspecified atom stereocenters.